The third-order valence-corrected chi connectivity index (χ3v) is 4.23. The molecule has 0 N–H and O–H groups in total. The predicted molar refractivity (Wildman–Crippen MR) is 88.7 cm³/mol. The van der Waals surface area contributed by atoms with Crippen molar-refractivity contribution >= 4 is 16.9 Å². The number of hydrogen-bond acceptors (Lipinski definition) is 4. The summed E-state index contributed by atoms with van der Waals surface area (Å²) in [7, 11) is 4.70. The van der Waals surface area contributed by atoms with Crippen molar-refractivity contribution in [1.29, 1.82) is 0 Å². The molecule has 7 nitrogen and oxygen atoms in total. The van der Waals surface area contributed by atoms with Gasteiger partial charge >= 0.3 is 5.69 Å². The van der Waals surface area contributed by atoms with Gasteiger partial charge in [0.15, 0.2) is 0 Å². The molecule has 0 saturated carbocycles. The molecule has 0 saturated heterocycles. The lowest BCUT2D eigenvalue weighted by Crippen LogP contribution is -2.38. The summed E-state index contributed by atoms with van der Waals surface area (Å²) in [5.41, 5.74) is -0.269. The summed E-state index contributed by atoms with van der Waals surface area (Å²) >= 11 is 0. The van der Waals surface area contributed by atoms with Crippen molar-refractivity contribution in [2.45, 2.75) is 32.7 Å². The molecule has 2 aromatic heterocycles. The van der Waals surface area contributed by atoms with Gasteiger partial charge in [0.05, 0.1) is 10.9 Å². The topological polar surface area (TPSA) is 77.2 Å². The monoisotopic (exact) mass is 318 g/mol. The Morgan fingerprint density at radius 2 is 1.96 bits per heavy atom. The number of nitrogens with zero attached hydrogens (tertiary/aromatic N) is 4. The van der Waals surface area contributed by atoms with E-state index in [1.54, 1.807) is 19.0 Å². The second-order valence-corrected chi connectivity index (χ2v) is 5.85. The Bertz CT molecular complexity index is 866. The smallest absolute Gasteiger partial charge is 0.332 e. The minimum absolute atomic E-state index is 0.103. The number of aromatic nitrogens is 3. The Labute approximate surface area is 134 Å². The highest BCUT2D eigenvalue weighted by molar-refractivity contribution is 5.96. The molecule has 1 atom stereocenters. The van der Waals surface area contributed by atoms with Gasteiger partial charge in [-0.25, -0.2) is 9.78 Å². The lowest BCUT2D eigenvalue weighted by molar-refractivity contribution is 0.0736. The number of carbonyl (C=O) groups is 1. The molecular weight excluding hydrogens is 296 g/mol. The van der Waals surface area contributed by atoms with E-state index in [-0.39, 0.29) is 23.0 Å². The van der Waals surface area contributed by atoms with Crippen LogP contribution in [0.25, 0.3) is 11.0 Å². The van der Waals surface area contributed by atoms with Gasteiger partial charge in [-0.05, 0) is 19.4 Å². The van der Waals surface area contributed by atoms with Gasteiger partial charge in [0.2, 0.25) is 0 Å². The fraction of sp³-hybridized carbons (Fsp3) is 0.500. The number of aryl methyl sites for hydroxylation is 1. The molecule has 0 bridgehead atoms. The highest BCUT2D eigenvalue weighted by Gasteiger charge is 2.19. The maximum atomic E-state index is 12.6. The van der Waals surface area contributed by atoms with Gasteiger partial charge in [0, 0.05) is 33.4 Å². The van der Waals surface area contributed by atoms with E-state index in [9.17, 15) is 14.4 Å². The molecule has 0 aromatic carbocycles. The molecule has 0 fully saturated rings. The minimum atomic E-state index is -0.450. The standard InChI is InChI=1S/C16H22N4O3/c1-6-7-10(2)18(3)14(21)11-8-12-13(17-9-11)19(4)16(23)20(5)15(12)22/h8-10H,6-7H2,1-5H3/t10-/m0/s1. The van der Waals surface area contributed by atoms with Gasteiger partial charge in [-0.15, -0.1) is 0 Å². The molecule has 124 valence electrons. The summed E-state index contributed by atoms with van der Waals surface area (Å²) in [6.07, 6.45) is 3.30. The maximum absolute atomic E-state index is 12.6. The Hall–Kier alpha value is -2.44. The van der Waals surface area contributed by atoms with E-state index >= 15 is 0 Å². The van der Waals surface area contributed by atoms with Crippen LogP contribution in [0.2, 0.25) is 0 Å². The molecule has 7 heteroatoms. The Morgan fingerprint density at radius 1 is 1.30 bits per heavy atom. The van der Waals surface area contributed by atoms with E-state index in [0.29, 0.717) is 5.56 Å². The summed E-state index contributed by atoms with van der Waals surface area (Å²) in [5.74, 6) is -0.184. The number of pyridine rings is 1. The van der Waals surface area contributed by atoms with Crippen molar-refractivity contribution in [3.63, 3.8) is 0 Å². The second kappa shape index (κ2) is 6.36. The van der Waals surface area contributed by atoms with Crippen LogP contribution in [0, 0.1) is 0 Å². The average molecular weight is 318 g/mol. The van der Waals surface area contributed by atoms with Crippen LogP contribution >= 0.6 is 0 Å². The molecule has 0 spiro atoms. The zero-order valence-corrected chi connectivity index (χ0v) is 14.2. The number of carbonyl (C=O) groups excluding carboxylic acids is 1. The molecular formula is C16H22N4O3. The van der Waals surface area contributed by atoms with Crippen LogP contribution in [0.5, 0.6) is 0 Å². The molecule has 0 unspecified atom stereocenters. The molecule has 1 amide bonds. The molecule has 23 heavy (non-hydrogen) atoms. The van der Waals surface area contributed by atoms with Crippen LogP contribution in [0.15, 0.2) is 21.9 Å². The van der Waals surface area contributed by atoms with E-state index < -0.39 is 11.2 Å². The van der Waals surface area contributed by atoms with Gasteiger partial charge in [0.25, 0.3) is 11.5 Å². The third-order valence-electron chi connectivity index (χ3n) is 4.23. The van der Waals surface area contributed by atoms with E-state index in [1.165, 1.54) is 23.9 Å². The molecule has 2 heterocycles. The van der Waals surface area contributed by atoms with Gasteiger partial charge in [-0.2, -0.15) is 0 Å². The van der Waals surface area contributed by atoms with Gasteiger partial charge in [-0.1, -0.05) is 13.3 Å². The van der Waals surface area contributed by atoms with Crippen molar-refractivity contribution < 1.29 is 4.79 Å². The fourth-order valence-electron chi connectivity index (χ4n) is 2.60. The number of amides is 1. The first-order chi connectivity index (χ1) is 10.8. The summed E-state index contributed by atoms with van der Waals surface area (Å²) in [4.78, 5) is 42.5. The number of fused-ring (bicyclic) bond motifs is 1. The fourth-order valence-corrected chi connectivity index (χ4v) is 2.60. The SMILES string of the molecule is CCC[C@H](C)N(C)C(=O)c1cnc2c(c1)c(=O)n(C)c(=O)n2C. The van der Waals surface area contributed by atoms with Crippen LogP contribution in [0.3, 0.4) is 0 Å². The lowest BCUT2D eigenvalue weighted by atomic mass is 10.1. The summed E-state index contributed by atoms with van der Waals surface area (Å²) < 4.78 is 2.32. The normalized spacial score (nSPS) is 12.4. The second-order valence-electron chi connectivity index (χ2n) is 5.85. The first-order valence-electron chi connectivity index (χ1n) is 7.62. The maximum Gasteiger partial charge on any atom is 0.332 e. The van der Waals surface area contributed by atoms with Crippen molar-refractivity contribution in [1.82, 2.24) is 19.0 Å². The molecule has 2 aromatic rings. The van der Waals surface area contributed by atoms with Crippen molar-refractivity contribution in [3.8, 4) is 0 Å². The zero-order chi connectivity index (χ0) is 17.3. The summed E-state index contributed by atoms with van der Waals surface area (Å²) in [6, 6.07) is 1.62. The Kier molecular flexibility index (Phi) is 4.68. The van der Waals surface area contributed by atoms with Gasteiger partial charge in [0.1, 0.15) is 5.65 Å². The number of rotatable bonds is 4. The highest BCUT2D eigenvalue weighted by atomic mass is 16.2. The minimum Gasteiger partial charge on any atom is -0.339 e. The van der Waals surface area contributed by atoms with Crippen LogP contribution in [-0.4, -0.2) is 38.0 Å². The van der Waals surface area contributed by atoms with E-state index in [4.69, 9.17) is 0 Å². The van der Waals surface area contributed by atoms with Crippen molar-refractivity contribution in [2.75, 3.05) is 7.05 Å². The van der Waals surface area contributed by atoms with Crippen LogP contribution in [0.4, 0.5) is 0 Å². The first kappa shape index (κ1) is 16.9. The molecule has 0 aliphatic carbocycles. The van der Waals surface area contributed by atoms with Crippen molar-refractivity contribution in [2.24, 2.45) is 14.1 Å². The van der Waals surface area contributed by atoms with Gasteiger partial charge < -0.3 is 4.90 Å². The third kappa shape index (κ3) is 2.91. The molecule has 2 rings (SSSR count). The van der Waals surface area contributed by atoms with Crippen LogP contribution in [0.1, 0.15) is 37.0 Å². The van der Waals surface area contributed by atoms with E-state index in [2.05, 4.69) is 11.9 Å². The number of hydrogen-bond donors (Lipinski definition) is 0. The predicted octanol–water partition coefficient (Wildman–Crippen LogP) is 0.893. The largest absolute Gasteiger partial charge is 0.339 e. The van der Waals surface area contributed by atoms with Crippen LogP contribution < -0.4 is 11.2 Å². The van der Waals surface area contributed by atoms with Gasteiger partial charge in [-0.3, -0.25) is 18.7 Å². The Balaban J connectivity index is 2.55. The molecule has 0 aliphatic heterocycles. The van der Waals surface area contributed by atoms with E-state index in [1.807, 2.05) is 6.92 Å². The van der Waals surface area contributed by atoms with E-state index in [0.717, 1.165) is 17.4 Å². The van der Waals surface area contributed by atoms with Crippen LogP contribution in [-0.2, 0) is 14.1 Å². The average Bonchev–Trinajstić information content (AvgIpc) is 2.56. The Morgan fingerprint density at radius 3 is 2.57 bits per heavy atom. The first-order valence-corrected chi connectivity index (χ1v) is 7.62. The van der Waals surface area contributed by atoms with Crippen molar-refractivity contribution in [3.05, 3.63) is 38.7 Å². The molecule has 0 aliphatic rings. The summed E-state index contributed by atoms with van der Waals surface area (Å²) in [5, 5.41) is 0.261. The summed E-state index contributed by atoms with van der Waals surface area (Å²) in [6.45, 7) is 4.05. The zero-order valence-electron chi connectivity index (χ0n) is 14.2. The quantitative estimate of drug-likeness (QED) is 0.839. The molecule has 0 radical (unpaired) electrons. The lowest BCUT2D eigenvalue weighted by Gasteiger charge is -2.24. The highest BCUT2D eigenvalue weighted by Crippen LogP contribution is 2.12.